The zero-order chi connectivity index (χ0) is 19.1. The van der Waals surface area contributed by atoms with E-state index in [0.29, 0.717) is 13.1 Å². The minimum atomic E-state index is -0.281. The Morgan fingerprint density at radius 3 is 2.64 bits per heavy atom. The lowest BCUT2D eigenvalue weighted by Crippen LogP contribution is -2.40. The first-order chi connectivity index (χ1) is 13.6. The van der Waals surface area contributed by atoms with Crippen molar-refractivity contribution in [2.24, 2.45) is 5.41 Å². The Kier molecular flexibility index (Phi) is 4.37. The Balaban J connectivity index is 1.19. The summed E-state index contributed by atoms with van der Waals surface area (Å²) in [6, 6.07) is 16.6. The van der Waals surface area contributed by atoms with Crippen LogP contribution in [0.15, 0.2) is 48.5 Å². The maximum absolute atomic E-state index is 12.5. The van der Waals surface area contributed by atoms with Gasteiger partial charge in [0, 0.05) is 42.1 Å². The monoisotopic (exact) mass is 377 g/mol. The third kappa shape index (κ3) is 3.09. The molecule has 1 saturated heterocycles. The Morgan fingerprint density at radius 2 is 1.93 bits per heavy atom. The van der Waals surface area contributed by atoms with Crippen molar-refractivity contribution in [2.45, 2.75) is 31.8 Å². The number of nitrogens with one attached hydrogen (secondary N) is 1. The van der Waals surface area contributed by atoms with E-state index in [1.165, 1.54) is 17.7 Å². The number of carbonyl (C=O) groups is 1. The standard InChI is InChI=1S/C23H27N3O2/c27-21-14-25(16-23(21)11-3-12-23)15-22(28)24-18-6-8-19(9-7-18)26-13-10-17-4-1-2-5-20(17)26/h1-2,4-9,21,27H,3,10-16H2,(H,24,28). The molecule has 5 heteroatoms. The molecule has 2 fully saturated rings. The van der Waals surface area contributed by atoms with E-state index in [-0.39, 0.29) is 17.4 Å². The number of nitrogens with zero attached hydrogens (tertiary/aromatic N) is 2. The molecule has 1 unspecified atom stereocenters. The summed E-state index contributed by atoms with van der Waals surface area (Å²) in [5.41, 5.74) is 4.69. The van der Waals surface area contributed by atoms with E-state index < -0.39 is 0 Å². The Labute approximate surface area is 166 Å². The Hall–Kier alpha value is -2.37. The summed E-state index contributed by atoms with van der Waals surface area (Å²) in [7, 11) is 0. The maximum Gasteiger partial charge on any atom is 0.238 e. The third-order valence-corrected chi connectivity index (χ3v) is 6.74. The number of rotatable bonds is 4. The number of anilines is 3. The van der Waals surface area contributed by atoms with Crippen molar-refractivity contribution >= 4 is 23.0 Å². The number of benzene rings is 2. The molecular formula is C23H27N3O2. The van der Waals surface area contributed by atoms with Gasteiger partial charge in [0.15, 0.2) is 0 Å². The molecule has 2 heterocycles. The van der Waals surface area contributed by atoms with E-state index in [1.54, 1.807) is 0 Å². The molecule has 0 aromatic heterocycles. The second-order valence-corrected chi connectivity index (χ2v) is 8.53. The fourth-order valence-electron chi connectivity index (χ4n) is 5.03. The molecule has 1 atom stereocenters. The predicted molar refractivity (Wildman–Crippen MR) is 111 cm³/mol. The molecule has 1 aliphatic carbocycles. The van der Waals surface area contributed by atoms with Gasteiger partial charge < -0.3 is 15.3 Å². The first-order valence-corrected chi connectivity index (χ1v) is 10.3. The van der Waals surface area contributed by atoms with E-state index >= 15 is 0 Å². The number of hydrogen-bond donors (Lipinski definition) is 2. The molecular weight excluding hydrogens is 350 g/mol. The number of carbonyl (C=O) groups excluding carboxylic acids is 1. The van der Waals surface area contributed by atoms with Gasteiger partial charge in [-0.05, 0) is 55.2 Å². The Bertz CT molecular complexity index is 876. The molecule has 146 valence electrons. The normalized spacial score (nSPS) is 22.9. The molecule has 5 nitrogen and oxygen atoms in total. The summed E-state index contributed by atoms with van der Waals surface area (Å²) in [5.74, 6) is -0.0113. The molecule has 3 aliphatic rings. The van der Waals surface area contributed by atoms with Crippen LogP contribution < -0.4 is 10.2 Å². The molecule has 0 bridgehead atoms. The van der Waals surface area contributed by atoms with Gasteiger partial charge in [-0.1, -0.05) is 24.6 Å². The van der Waals surface area contributed by atoms with Crippen molar-refractivity contribution < 1.29 is 9.90 Å². The van der Waals surface area contributed by atoms with Crippen LogP contribution in [-0.4, -0.2) is 48.2 Å². The van der Waals surface area contributed by atoms with E-state index in [1.807, 2.05) is 12.1 Å². The average Bonchev–Trinajstić information content (AvgIpc) is 3.23. The smallest absolute Gasteiger partial charge is 0.238 e. The molecule has 5 rings (SSSR count). The van der Waals surface area contributed by atoms with Crippen LogP contribution in [0.25, 0.3) is 0 Å². The molecule has 28 heavy (non-hydrogen) atoms. The van der Waals surface area contributed by atoms with Crippen LogP contribution >= 0.6 is 0 Å². The second kappa shape index (κ2) is 6.90. The third-order valence-electron chi connectivity index (χ3n) is 6.74. The van der Waals surface area contributed by atoms with Crippen LogP contribution in [0.5, 0.6) is 0 Å². The number of para-hydroxylation sites is 1. The number of β-amino-alcohol motifs (C(OH)–C–C–N with tert-alkyl or cyclic N) is 1. The van der Waals surface area contributed by atoms with Gasteiger partial charge in [0.2, 0.25) is 5.91 Å². The highest BCUT2D eigenvalue weighted by molar-refractivity contribution is 5.92. The first kappa shape index (κ1) is 17.7. The lowest BCUT2D eigenvalue weighted by atomic mass is 9.67. The van der Waals surface area contributed by atoms with Crippen molar-refractivity contribution in [1.29, 1.82) is 0 Å². The number of likely N-dealkylation sites (tertiary alicyclic amines) is 1. The molecule has 0 radical (unpaired) electrons. The predicted octanol–water partition coefficient (Wildman–Crippen LogP) is 3.17. The molecule has 1 saturated carbocycles. The number of fused-ring (bicyclic) bond motifs is 1. The van der Waals surface area contributed by atoms with Crippen LogP contribution in [0, 0.1) is 5.41 Å². The largest absolute Gasteiger partial charge is 0.391 e. The first-order valence-electron chi connectivity index (χ1n) is 10.3. The van der Waals surface area contributed by atoms with Gasteiger partial charge in [-0.2, -0.15) is 0 Å². The van der Waals surface area contributed by atoms with Crippen LogP contribution in [-0.2, 0) is 11.2 Å². The summed E-state index contributed by atoms with van der Waals surface area (Å²) >= 11 is 0. The van der Waals surface area contributed by atoms with E-state index in [4.69, 9.17) is 0 Å². The minimum Gasteiger partial charge on any atom is -0.391 e. The number of aliphatic hydroxyl groups excluding tert-OH is 1. The van der Waals surface area contributed by atoms with Crippen LogP contribution in [0.3, 0.4) is 0 Å². The minimum absolute atomic E-state index is 0.0113. The molecule has 2 N–H and O–H groups in total. The quantitative estimate of drug-likeness (QED) is 0.859. The average molecular weight is 377 g/mol. The van der Waals surface area contributed by atoms with Gasteiger partial charge in [-0.3, -0.25) is 9.69 Å². The summed E-state index contributed by atoms with van der Waals surface area (Å²) in [6.07, 6.45) is 4.17. The molecule has 2 aromatic rings. The highest BCUT2D eigenvalue weighted by atomic mass is 16.3. The topological polar surface area (TPSA) is 55.8 Å². The number of hydrogen-bond acceptors (Lipinski definition) is 4. The van der Waals surface area contributed by atoms with E-state index in [9.17, 15) is 9.90 Å². The molecule has 2 aliphatic heterocycles. The summed E-state index contributed by atoms with van der Waals surface area (Å²) < 4.78 is 0. The van der Waals surface area contributed by atoms with Gasteiger partial charge in [-0.25, -0.2) is 0 Å². The second-order valence-electron chi connectivity index (χ2n) is 8.53. The lowest BCUT2D eigenvalue weighted by Gasteiger charge is -2.40. The van der Waals surface area contributed by atoms with Crippen LogP contribution in [0.2, 0.25) is 0 Å². The van der Waals surface area contributed by atoms with E-state index in [2.05, 4.69) is 51.5 Å². The summed E-state index contributed by atoms with van der Waals surface area (Å²) in [6.45, 7) is 2.79. The number of aliphatic hydroxyl groups is 1. The van der Waals surface area contributed by atoms with Gasteiger partial charge in [0.05, 0.1) is 12.6 Å². The summed E-state index contributed by atoms with van der Waals surface area (Å²) in [4.78, 5) is 16.9. The van der Waals surface area contributed by atoms with Gasteiger partial charge >= 0.3 is 0 Å². The maximum atomic E-state index is 12.5. The number of amides is 1. The highest BCUT2D eigenvalue weighted by Crippen LogP contribution is 2.48. The van der Waals surface area contributed by atoms with Crippen LogP contribution in [0.4, 0.5) is 17.1 Å². The van der Waals surface area contributed by atoms with Crippen molar-refractivity contribution in [2.75, 3.05) is 36.4 Å². The van der Waals surface area contributed by atoms with Gasteiger partial charge in [-0.15, -0.1) is 0 Å². The van der Waals surface area contributed by atoms with Crippen molar-refractivity contribution in [3.8, 4) is 0 Å². The summed E-state index contributed by atoms with van der Waals surface area (Å²) in [5, 5.41) is 13.3. The van der Waals surface area contributed by atoms with Gasteiger partial charge in [0.25, 0.3) is 0 Å². The molecule has 1 spiro atoms. The SMILES string of the molecule is O=C(CN1CC(O)C2(CCC2)C1)Nc1ccc(N2CCc3ccccc32)cc1. The zero-order valence-corrected chi connectivity index (χ0v) is 16.1. The fraction of sp³-hybridized carbons (Fsp3) is 0.435. The zero-order valence-electron chi connectivity index (χ0n) is 16.1. The van der Waals surface area contributed by atoms with Gasteiger partial charge in [0.1, 0.15) is 0 Å². The lowest BCUT2D eigenvalue weighted by molar-refractivity contribution is -0.117. The van der Waals surface area contributed by atoms with Crippen molar-refractivity contribution in [3.63, 3.8) is 0 Å². The van der Waals surface area contributed by atoms with Crippen molar-refractivity contribution in [3.05, 3.63) is 54.1 Å². The highest BCUT2D eigenvalue weighted by Gasteiger charge is 2.49. The van der Waals surface area contributed by atoms with Crippen LogP contribution in [0.1, 0.15) is 24.8 Å². The molecule has 1 amide bonds. The fourth-order valence-corrected chi connectivity index (χ4v) is 5.03. The van der Waals surface area contributed by atoms with E-state index in [0.717, 1.165) is 43.7 Å². The Morgan fingerprint density at radius 1 is 1.14 bits per heavy atom. The van der Waals surface area contributed by atoms with Crippen molar-refractivity contribution in [1.82, 2.24) is 4.90 Å². The molecule has 2 aromatic carbocycles.